The van der Waals surface area contributed by atoms with E-state index < -0.39 is 10.0 Å². The third kappa shape index (κ3) is 3.66. The van der Waals surface area contributed by atoms with Crippen LogP contribution < -0.4 is 4.72 Å². The van der Waals surface area contributed by atoms with Crippen molar-refractivity contribution in [2.24, 2.45) is 0 Å². The van der Waals surface area contributed by atoms with Crippen molar-refractivity contribution in [3.63, 3.8) is 0 Å². The van der Waals surface area contributed by atoms with Gasteiger partial charge in [0.05, 0.1) is 17.4 Å². The third-order valence-electron chi connectivity index (χ3n) is 2.37. The molecule has 0 bridgehead atoms. The normalized spacial score (nSPS) is 10.8. The van der Waals surface area contributed by atoms with Gasteiger partial charge in [-0.25, -0.2) is 13.4 Å². The minimum absolute atomic E-state index is 0.0531. The molecule has 20 heavy (non-hydrogen) atoms. The monoisotopic (exact) mass is 308 g/mol. The van der Waals surface area contributed by atoms with Gasteiger partial charge >= 0.3 is 0 Å². The van der Waals surface area contributed by atoms with Crippen molar-refractivity contribution in [1.82, 2.24) is 9.97 Å². The summed E-state index contributed by atoms with van der Waals surface area (Å²) in [6, 6.07) is 9.84. The maximum atomic E-state index is 12.0. The molecule has 6 nitrogen and oxygen atoms in total. The number of sulfonamides is 1. The largest absolute Gasteiger partial charge is 0.267 e. The zero-order valence-corrected chi connectivity index (χ0v) is 11.7. The minimum atomic E-state index is -3.69. The van der Waals surface area contributed by atoms with Gasteiger partial charge < -0.3 is 0 Å². The van der Waals surface area contributed by atoms with Crippen molar-refractivity contribution in [2.45, 2.75) is 5.75 Å². The van der Waals surface area contributed by atoms with Crippen LogP contribution in [-0.2, 0) is 15.8 Å². The van der Waals surface area contributed by atoms with Gasteiger partial charge in [-0.2, -0.15) is 10.2 Å². The molecule has 0 saturated carbocycles. The molecule has 1 N–H and O–H groups in total. The van der Waals surface area contributed by atoms with E-state index in [1.165, 1.54) is 12.3 Å². The molecule has 0 amide bonds. The molecule has 0 aliphatic rings. The Labute approximate surface area is 121 Å². The Hall–Kier alpha value is -2.17. The fourth-order valence-corrected chi connectivity index (χ4v) is 2.86. The molecule has 1 aromatic carbocycles. The Kier molecular flexibility index (Phi) is 4.17. The van der Waals surface area contributed by atoms with Crippen molar-refractivity contribution in [2.75, 3.05) is 4.72 Å². The Morgan fingerprint density at radius 3 is 2.75 bits per heavy atom. The highest BCUT2D eigenvalue weighted by molar-refractivity contribution is 7.91. The summed E-state index contributed by atoms with van der Waals surface area (Å²) in [5.41, 5.74) is 0.737. The van der Waals surface area contributed by atoms with E-state index in [9.17, 15) is 8.42 Å². The van der Waals surface area contributed by atoms with Gasteiger partial charge in [0.1, 0.15) is 5.82 Å². The van der Waals surface area contributed by atoms with Crippen LogP contribution in [0.4, 0.5) is 5.82 Å². The average Bonchev–Trinajstić information content (AvgIpc) is 2.38. The number of nitriles is 1. The molecule has 2 rings (SSSR count). The Balaban J connectivity index is 2.22. The van der Waals surface area contributed by atoms with Crippen LogP contribution in [0.25, 0.3) is 0 Å². The molecule has 1 aromatic heterocycles. The van der Waals surface area contributed by atoms with Crippen molar-refractivity contribution >= 4 is 27.4 Å². The predicted octanol–water partition coefficient (Wildman–Crippen LogP) is 1.94. The number of hydrogen-bond donors (Lipinski definition) is 1. The molecule has 0 radical (unpaired) electrons. The molecule has 8 heteroatoms. The molecule has 0 spiro atoms. The molecule has 0 saturated heterocycles. The molecular formula is C12H9ClN4O2S. The maximum absolute atomic E-state index is 12.0. The summed E-state index contributed by atoms with van der Waals surface area (Å²) in [6.07, 6.45) is 1.34. The summed E-state index contributed by atoms with van der Waals surface area (Å²) in [5, 5.41) is 8.88. The molecule has 0 fully saturated rings. The van der Waals surface area contributed by atoms with Crippen LogP contribution in [0.2, 0.25) is 5.28 Å². The van der Waals surface area contributed by atoms with Crippen molar-refractivity contribution in [3.8, 4) is 6.07 Å². The first-order valence-corrected chi connectivity index (χ1v) is 7.50. The van der Waals surface area contributed by atoms with E-state index in [1.807, 2.05) is 6.07 Å². The van der Waals surface area contributed by atoms with Crippen molar-refractivity contribution in [3.05, 3.63) is 52.9 Å². The van der Waals surface area contributed by atoms with Crippen LogP contribution in [0.15, 0.2) is 36.5 Å². The maximum Gasteiger partial charge on any atom is 0.238 e. The van der Waals surface area contributed by atoms with E-state index in [0.29, 0.717) is 11.1 Å². The van der Waals surface area contributed by atoms with Crippen molar-refractivity contribution < 1.29 is 8.42 Å². The molecule has 0 aliphatic heterocycles. The highest BCUT2D eigenvalue weighted by Crippen LogP contribution is 2.14. The van der Waals surface area contributed by atoms with Crippen LogP contribution >= 0.6 is 11.6 Å². The second-order valence-electron chi connectivity index (χ2n) is 3.84. The zero-order valence-electron chi connectivity index (χ0n) is 10.1. The summed E-state index contributed by atoms with van der Waals surface area (Å²) in [7, 11) is -3.69. The van der Waals surface area contributed by atoms with E-state index in [-0.39, 0.29) is 16.9 Å². The summed E-state index contributed by atoms with van der Waals surface area (Å²) in [5.74, 6) is -0.238. The van der Waals surface area contributed by atoms with Gasteiger partial charge in [-0.15, -0.1) is 0 Å². The van der Waals surface area contributed by atoms with Crippen LogP contribution in [-0.4, -0.2) is 18.4 Å². The van der Waals surface area contributed by atoms with Crippen LogP contribution in [0.1, 0.15) is 11.1 Å². The number of hydrogen-bond acceptors (Lipinski definition) is 5. The smallest absolute Gasteiger partial charge is 0.238 e. The molecule has 0 unspecified atom stereocenters. The fraction of sp³-hybridized carbons (Fsp3) is 0.0833. The zero-order chi connectivity index (χ0) is 14.6. The second kappa shape index (κ2) is 5.86. The fourth-order valence-electron chi connectivity index (χ4n) is 1.55. The lowest BCUT2D eigenvalue weighted by Crippen LogP contribution is -2.16. The number of benzene rings is 1. The predicted molar refractivity (Wildman–Crippen MR) is 74.4 cm³/mol. The molecule has 102 valence electrons. The highest BCUT2D eigenvalue weighted by Gasteiger charge is 2.15. The molecular weight excluding hydrogens is 300 g/mol. The summed E-state index contributed by atoms with van der Waals surface area (Å²) >= 11 is 5.58. The van der Waals surface area contributed by atoms with Gasteiger partial charge in [-0.05, 0) is 29.3 Å². The molecule has 2 aromatic rings. The highest BCUT2D eigenvalue weighted by atomic mass is 35.5. The molecule has 0 atom stereocenters. The number of anilines is 1. The van der Waals surface area contributed by atoms with E-state index in [4.69, 9.17) is 16.9 Å². The van der Waals surface area contributed by atoms with Crippen LogP contribution in [0, 0.1) is 11.3 Å². The topological polar surface area (TPSA) is 95.7 Å². The minimum Gasteiger partial charge on any atom is -0.267 e. The van der Waals surface area contributed by atoms with Crippen LogP contribution in [0.5, 0.6) is 0 Å². The van der Waals surface area contributed by atoms with Crippen LogP contribution in [0.3, 0.4) is 0 Å². The average molecular weight is 309 g/mol. The second-order valence-corrected chi connectivity index (χ2v) is 5.90. The van der Waals surface area contributed by atoms with Gasteiger partial charge in [-0.3, -0.25) is 4.72 Å². The number of nitrogens with zero attached hydrogens (tertiary/aromatic N) is 3. The van der Waals surface area contributed by atoms with Gasteiger partial charge in [0.25, 0.3) is 0 Å². The van der Waals surface area contributed by atoms with Gasteiger partial charge in [0.2, 0.25) is 15.3 Å². The SMILES string of the molecule is N#Cc1ccccc1CS(=O)(=O)Nc1ccnc(Cl)n1. The van der Waals surface area contributed by atoms with E-state index in [0.717, 1.165) is 0 Å². The summed E-state index contributed by atoms with van der Waals surface area (Å²) in [4.78, 5) is 7.40. The van der Waals surface area contributed by atoms with E-state index in [1.54, 1.807) is 24.3 Å². The lowest BCUT2D eigenvalue weighted by Gasteiger charge is -2.08. The summed E-state index contributed by atoms with van der Waals surface area (Å²) < 4.78 is 26.3. The Bertz CT molecular complexity index is 771. The lowest BCUT2D eigenvalue weighted by atomic mass is 10.1. The van der Waals surface area contributed by atoms with Gasteiger partial charge in [0.15, 0.2) is 0 Å². The first-order chi connectivity index (χ1) is 9.50. The molecule has 1 heterocycles. The first kappa shape index (κ1) is 14.2. The Morgan fingerprint density at radius 2 is 2.05 bits per heavy atom. The quantitative estimate of drug-likeness (QED) is 0.871. The summed E-state index contributed by atoms with van der Waals surface area (Å²) in [6.45, 7) is 0. The molecule has 0 aliphatic carbocycles. The Morgan fingerprint density at radius 1 is 1.30 bits per heavy atom. The number of aromatic nitrogens is 2. The third-order valence-corrected chi connectivity index (χ3v) is 3.76. The van der Waals surface area contributed by atoms with Gasteiger partial charge in [-0.1, -0.05) is 18.2 Å². The first-order valence-electron chi connectivity index (χ1n) is 5.47. The van der Waals surface area contributed by atoms with Gasteiger partial charge in [0, 0.05) is 6.20 Å². The van der Waals surface area contributed by atoms with Crippen molar-refractivity contribution in [1.29, 1.82) is 5.26 Å². The number of halogens is 1. The number of nitrogens with one attached hydrogen (secondary N) is 1. The number of rotatable bonds is 4. The standard InChI is InChI=1S/C12H9ClN4O2S/c13-12-15-6-5-11(16-12)17-20(18,19)8-10-4-2-1-3-9(10)7-14/h1-6H,8H2,(H,15,16,17). The lowest BCUT2D eigenvalue weighted by molar-refractivity contribution is 0.600. The van der Waals surface area contributed by atoms with E-state index in [2.05, 4.69) is 14.7 Å². The van der Waals surface area contributed by atoms with E-state index >= 15 is 0 Å².